The third kappa shape index (κ3) is 14.5. The molecule has 0 spiro atoms. The summed E-state index contributed by atoms with van der Waals surface area (Å²) in [5.74, 6) is 0.967. The van der Waals surface area contributed by atoms with Crippen molar-refractivity contribution in [3.8, 4) is 0 Å². The molecule has 0 saturated heterocycles. The highest BCUT2D eigenvalue weighted by Gasteiger charge is 2.14. The van der Waals surface area contributed by atoms with Crippen LogP contribution in [-0.2, 0) is 4.79 Å². The van der Waals surface area contributed by atoms with E-state index in [4.69, 9.17) is 5.73 Å². The third-order valence-corrected chi connectivity index (χ3v) is 5.35. The van der Waals surface area contributed by atoms with Crippen LogP contribution in [-0.4, -0.2) is 16.9 Å². The van der Waals surface area contributed by atoms with E-state index in [9.17, 15) is 4.79 Å². The van der Waals surface area contributed by atoms with E-state index in [1.165, 1.54) is 64.2 Å². The minimum Gasteiger partial charge on any atom is -0.369 e. The highest BCUT2D eigenvalue weighted by atomic mass is 32.2. The molecule has 0 aliphatic heterocycles. The van der Waals surface area contributed by atoms with Crippen molar-refractivity contribution in [2.24, 2.45) is 5.73 Å². The molecule has 0 saturated carbocycles. The maximum Gasteiger partial charge on any atom is 0.230 e. The molecular formula is C18H37NOS. The maximum atomic E-state index is 11.3. The number of hydrogen-bond acceptors (Lipinski definition) is 2. The van der Waals surface area contributed by atoms with Crippen LogP contribution in [0, 0.1) is 0 Å². The zero-order chi connectivity index (χ0) is 15.8. The lowest BCUT2D eigenvalue weighted by Gasteiger charge is -2.12. The van der Waals surface area contributed by atoms with Crippen molar-refractivity contribution in [1.29, 1.82) is 0 Å². The molecule has 21 heavy (non-hydrogen) atoms. The van der Waals surface area contributed by atoms with Gasteiger partial charge >= 0.3 is 0 Å². The van der Waals surface area contributed by atoms with Crippen molar-refractivity contribution >= 4 is 17.7 Å². The van der Waals surface area contributed by atoms with Gasteiger partial charge < -0.3 is 5.73 Å². The Morgan fingerprint density at radius 3 is 1.76 bits per heavy atom. The first-order valence-corrected chi connectivity index (χ1v) is 10.2. The summed E-state index contributed by atoms with van der Waals surface area (Å²) in [4.78, 5) is 11.3. The van der Waals surface area contributed by atoms with E-state index in [1.807, 2.05) is 0 Å². The molecule has 0 fully saturated rings. The maximum absolute atomic E-state index is 11.3. The van der Waals surface area contributed by atoms with Gasteiger partial charge in [-0.05, 0) is 18.6 Å². The first kappa shape index (κ1) is 20.8. The van der Waals surface area contributed by atoms with Gasteiger partial charge in [-0.1, -0.05) is 84.5 Å². The Hall–Kier alpha value is -0.180. The first-order chi connectivity index (χ1) is 10.2. The number of carbonyl (C=O) groups is 1. The third-order valence-electron chi connectivity index (χ3n) is 3.95. The van der Waals surface area contributed by atoms with Crippen molar-refractivity contribution in [2.45, 2.75) is 103 Å². The summed E-state index contributed by atoms with van der Waals surface area (Å²) >= 11 is 1.77. The lowest BCUT2D eigenvalue weighted by molar-refractivity contribution is -0.117. The van der Waals surface area contributed by atoms with Gasteiger partial charge in [-0.3, -0.25) is 4.79 Å². The van der Waals surface area contributed by atoms with E-state index >= 15 is 0 Å². The fourth-order valence-corrected chi connectivity index (χ4v) is 3.67. The summed E-state index contributed by atoms with van der Waals surface area (Å²) in [6.45, 7) is 4.42. The van der Waals surface area contributed by atoms with E-state index in [0.29, 0.717) is 0 Å². The molecule has 0 aliphatic rings. The van der Waals surface area contributed by atoms with E-state index in [1.54, 1.807) is 11.8 Å². The molecule has 1 amide bonds. The zero-order valence-corrected chi connectivity index (χ0v) is 15.2. The second-order valence-electron chi connectivity index (χ2n) is 6.09. The highest BCUT2D eigenvalue weighted by Crippen LogP contribution is 2.19. The monoisotopic (exact) mass is 315 g/mol. The fraction of sp³-hybridized carbons (Fsp3) is 0.944. The molecule has 0 aromatic rings. The predicted molar refractivity (Wildman–Crippen MR) is 96.8 cm³/mol. The standard InChI is InChI=1S/C18H37NOS/c1-3-5-7-8-9-10-11-12-13-14-16-21-17(18(19)20)15-6-4-2/h17H,3-16H2,1-2H3,(H2,19,20). The molecule has 126 valence electrons. The van der Waals surface area contributed by atoms with Crippen molar-refractivity contribution in [1.82, 2.24) is 0 Å². The Bertz CT molecular complexity index is 233. The van der Waals surface area contributed by atoms with Crippen LogP contribution in [0.25, 0.3) is 0 Å². The minimum absolute atomic E-state index is 0.0449. The Morgan fingerprint density at radius 2 is 1.29 bits per heavy atom. The number of thioether (sulfide) groups is 1. The average Bonchev–Trinajstić information content (AvgIpc) is 2.47. The number of amides is 1. The van der Waals surface area contributed by atoms with Crippen LogP contribution in [0.1, 0.15) is 97.3 Å². The molecule has 1 atom stereocenters. The number of primary amides is 1. The van der Waals surface area contributed by atoms with Crippen LogP contribution in [0.4, 0.5) is 0 Å². The molecule has 0 heterocycles. The van der Waals surface area contributed by atoms with E-state index in [0.717, 1.165) is 25.0 Å². The number of nitrogens with two attached hydrogens (primary N) is 1. The van der Waals surface area contributed by atoms with Gasteiger partial charge in [0.1, 0.15) is 0 Å². The van der Waals surface area contributed by atoms with Crippen LogP contribution in [0.3, 0.4) is 0 Å². The van der Waals surface area contributed by atoms with Gasteiger partial charge in [-0.25, -0.2) is 0 Å². The SMILES string of the molecule is CCCCCCCCCCCCSC(CCCC)C(N)=O. The van der Waals surface area contributed by atoms with Gasteiger partial charge in [-0.2, -0.15) is 0 Å². The highest BCUT2D eigenvalue weighted by molar-refractivity contribution is 8.00. The fourth-order valence-electron chi connectivity index (χ4n) is 2.51. The zero-order valence-electron chi connectivity index (χ0n) is 14.4. The number of unbranched alkanes of at least 4 members (excludes halogenated alkanes) is 10. The van der Waals surface area contributed by atoms with Crippen LogP contribution in [0.2, 0.25) is 0 Å². The molecule has 2 nitrogen and oxygen atoms in total. The molecule has 0 rings (SSSR count). The summed E-state index contributed by atoms with van der Waals surface area (Å²) in [5.41, 5.74) is 5.45. The van der Waals surface area contributed by atoms with Gasteiger partial charge in [0.25, 0.3) is 0 Å². The van der Waals surface area contributed by atoms with Gasteiger partial charge in [0.2, 0.25) is 5.91 Å². The van der Waals surface area contributed by atoms with Crippen molar-refractivity contribution in [3.05, 3.63) is 0 Å². The largest absolute Gasteiger partial charge is 0.369 e. The van der Waals surface area contributed by atoms with Gasteiger partial charge in [0, 0.05) is 0 Å². The molecule has 0 aromatic carbocycles. The smallest absolute Gasteiger partial charge is 0.230 e. The summed E-state index contributed by atoms with van der Waals surface area (Å²) in [5, 5.41) is 0.0449. The Kier molecular flexibility index (Phi) is 16.1. The normalized spacial score (nSPS) is 12.5. The van der Waals surface area contributed by atoms with Gasteiger partial charge in [0.15, 0.2) is 0 Å². The second kappa shape index (κ2) is 16.2. The molecule has 0 aromatic heterocycles. The summed E-state index contributed by atoms with van der Waals surface area (Å²) < 4.78 is 0. The topological polar surface area (TPSA) is 43.1 Å². The van der Waals surface area contributed by atoms with E-state index in [-0.39, 0.29) is 11.2 Å². The first-order valence-electron chi connectivity index (χ1n) is 9.13. The van der Waals surface area contributed by atoms with Crippen LogP contribution >= 0.6 is 11.8 Å². The average molecular weight is 316 g/mol. The predicted octanol–water partition coefficient (Wildman–Crippen LogP) is 5.68. The van der Waals surface area contributed by atoms with Crippen molar-refractivity contribution in [3.63, 3.8) is 0 Å². The molecule has 1 unspecified atom stereocenters. The molecule has 3 heteroatoms. The summed E-state index contributed by atoms with van der Waals surface area (Å²) in [6.07, 6.45) is 16.9. The molecule has 0 radical (unpaired) electrons. The lowest BCUT2D eigenvalue weighted by atomic mass is 10.1. The van der Waals surface area contributed by atoms with E-state index < -0.39 is 0 Å². The lowest BCUT2D eigenvalue weighted by Crippen LogP contribution is -2.26. The minimum atomic E-state index is -0.125. The molecular weight excluding hydrogens is 278 g/mol. The Labute approximate surface area is 137 Å². The molecule has 2 N–H and O–H groups in total. The van der Waals surface area contributed by atoms with E-state index in [2.05, 4.69) is 13.8 Å². The Balaban J connectivity index is 3.31. The van der Waals surface area contributed by atoms with Gasteiger partial charge in [0.05, 0.1) is 5.25 Å². The number of rotatable bonds is 16. The number of carbonyl (C=O) groups excluding carboxylic acids is 1. The number of hydrogen-bond donors (Lipinski definition) is 1. The van der Waals surface area contributed by atoms with Crippen molar-refractivity contribution in [2.75, 3.05) is 5.75 Å². The van der Waals surface area contributed by atoms with Crippen LogP contribution in [0.15, 0.2) is 0 Å². The molecule has 0 aliphatic carbocycles. The quantitative estimate of drug-likeness (QED) is 0.372. The summed E-state index contributed by atoms with van der Waals surface area (Å²) in [6, 6.07) is 0. The van der Waals surface area contributed by atoms with Crippen molar-refractivity contribution < 1.29 is 4.79 Å². The van der Waals surface area contributed by atoms with Crippen LogP contribution in [0.5, 0.6) is 0 Å². The Morgan fingerprint density at radius 1 is 0.810 bits per heavy atom. The van der Waals surface area contributed by atoms with Gasteiger partial charge in [-0.15, -0.1) is 11.8 Å². The molecule has 0 bridgehead atoms. The summed E-state index contributed by atoms with van der Waals surface area (Å²) in [7, 11) is 0. The second-order valence-corrected chi connectivity index (χ2v) is 7.40. The van der Waals surface area contributed by atoms with Crippen LogP contribution < -0.4 is 5.73 Å².